The molecular weight excluding hydrogens is 262 g/mol. The molecule has 0 amide bonds. The van der Waals surface area contributed by atoms with Gasteiger partial charge in [0.2, 0.25) is 0 Å². The summed E-state index contributed by atoms with van der Waals surface area (Å²) in [4.78, 5) is 9.76. The summed E-state index contributed by atoms with van der Waals surface area (Å²) in [7, 11) is 0. The molecule has 4 heteroatoms. The first-order chi connectivity index (χ1) is 10.3. The summed E-state index contributed by atoms with van der Waals surface area (Å²) in [6.45, 7) is 8.23. The molecule has 1 aliphatic heterocycles. The lowest BCUT2D eigenvalue weighted by Crippen LogP contribution is -2.29. The third kappa shape index (κ3) is 3.43. The van der Waals surface area contributed by atoms with Gasteiger partial charge in [0.15, 0.2) is 0 Å². The number of hydrogen-bond acceptors (Lipinski definition) is 4. The van der Waals surface area contributed by atoms with E-state index in [-0.39, 0.29) is 0 Å². The van der Waals surface area contributed by atoms with E-state index in [0.717, 1.165) is 63.7 Å². The van der Waals surface area contributed by atoms with Gasteiger partial charge in [-0.3, -0.25) is 0 Å². The minimum atomic E-state index is 0.502. The number of nitrogens with one attached hydrogen (secondary N) is 1. The average molecular weight is 289 g/mol. The second kappa shape index (κ2) is 6.84. The highest BCUT2D eigenvalue weighted by Gasteiger charge is 2.25. The fourth-order valence-corrected chi connectivity index (χ4v) is 3.54. The van der Waals surface area contributed by atoms with Crippen molar-refractivity contribution in [1.82, 2.24) is 15.3 Å². The Balaban J connectivity index is 1.76. The molecule has 0 bridgehead atoms. The first-order valence-electron chi connectivity index (χ1n) is 8.42. The zero-order valence-electron chi connectivity index (χ0n) is 13.3. The highest BCUT2D eigenvalue weighted by molar-refractivity contribution is 5.29. The Morgan fingerprint density at radius 1 is 1.19 bits per heavy atom. The minimum Gasteiger partial charge on any atom is -0.381 e. The summed E-state index contributed by atoms with van der Waals surface area (Å²) in [5.41, 5.74) is 3.94. The lowest BCUT2D eigenvalue weighted by Gasteiger charge is -2.27. The monoisotopic (exact) mass is 289 g/mol. The highest BCUT2D eigenvalue weighted by Crippen LogP contribution is 2.30. The molecule has 3 rings (SSSR count). The van der Waals surface area contributed by atoms with E-state index in [9.17, 15) is 0 Å². The van der Waals surface area contributed by atoms with Crippen molar-refractivity contribution in [3.05, 3.63) is 22.8 Å². The van der Waals surface area contributed by atoms with E-state index < -0.39 is 0 Å². The van der Waals surface area contributed by atoms with Crippen molar-refractivity contribution in [2.45, 2.75) is 51.9 Å². The van der Waals surface area contributed by atoms with Crippen molar-refractivity contribution in [1.29, 1.82) is 0 Å². The molecule has 1 aromatic heterocycles. The molecule has 1 atom stereocenters. The first kappa shape index (κ1) is 14.9. The number of rotatable bonds is 4. The maximum atomic E-state index is 5.45. The largest absolute Gasteiger partial charge is 0.381 e. The van der Waals surface area contributed by atoms with Crippen LogP contribution in [0.15, 0.2) is 0 Å². The summed E-state index contributed by atoms with van der Waals surface area (Å²) in [5.74, 6) is 2.32. The Kier molecular flexibility index (Phi) is 4.86. The fraction of sp³-hybridized carbons (Fsp3) is 0.765. The van der Waals surface area contributed by atoms with Crippen molar-refractivity contribution in [3.63, 3.8) is 0 Å². The molecule has 1 aromatic rings. The van der Waals surface area contributed by atoms with Gasteiger partial charge in [-0.15, -0.1) is 0 Å². The Morgan fingerprint density at radius 2 is 2.00 bits per heavy atom. The minimum absolute atomic E-state index is 0.502. The molecule has 0 radical (unpaired) electrons. The molecule has 0 aromatic carbocycles. The zero-order valence-corrected chi connectivity index (χ0v) is 13.3. The predicted molar refractivity (Wildman–Crippen MR) is 83.6 cm³/mol. The van der Waals surface area contributed by atoms with Crippen LogP contribution < -0.4 is 5.32 Å². The molecule has 2 aliphatic rings. The van der Waals surface area contributed by atoms with Crippen LogP contribution >= 0.6 is 0 Å². The molecule has 1 saturated heterocycles. The van der Waals surface area contributed by atoms with E-state index in [1.54, 1.807) is 0 Å². The second-order valence-corrected chi connectivity index (χ2v) is 6.40. The van der Waals surface area contributed by atoms with Crippen LogP contribution in [-0.4, -0.2) is 36.3 Å². The molecule has 1 aliphatic carbocycles. The van der Waals surface area contributed by atoms with Crippen molar-refractivity contribution in [3.8, 4) is 0 Å². The van der Waals surface area contributed by atoms with Crippen LogP contribution in [0.4, 0.5) is 0 Å². The summed E-state index contributed by atoms with van der Waals surface area (Å²) >= 11 is 0. The van der Waals surface area contributed by atoms with Crippen LogP contribution in [0.3, 0.4) is 0 Å². The molecule has 1 N–H and O–H groups in total. The van der Waals surface area contributed by atoms with Gasteiger partial charge in [-0.1, -0.05) is 6.92 Å². The Morgan fingerprint density at radius 3 is 2.76 bits per heavy atom. The van der Waals surface area contributed by atoms with E-state index in [1.165, 1.54) is 23.4 Å². The van der Waals surface area contributed by atoms with Gasteiger partial charge < -0.3 is 10.1 Å². The van der Waals surface area contributed by atoms with Gasteiger partial charge in [-0.2, -0.15) is 0 Å². The van der Waals surface area contributed by atoms with Gasteiger partial charge in [-0.05, 0) is 63.6 Å². The maximum absolute atomic E-state index is 5.45. The second-order valence-electron chi connectivity index (χ2n) is 6.40. The van der Waals surface area contributed by atoms with E-state index in [0.29, 0.717) is 5.92 Å². The molecule has 2 heterocycles. The number of ether oxygens (including phenoxy) is 1. The van der Waals surface area contributed by atoms with E-state index in [1.807, 2.05) is 0 Å². The Hall–Kier alpha value is -1.00. The van der Waals surface area contributed by atoms with Crippen LogP contribution in [0.5, 0.6) is 0 Å². The quantitative estimate of drug-likeness (QED) is 0.924. The van der Waals surface area contributed by atoms with Crippen LogP contribution in [0.2, 0.25) is 0 Å². The van der Waals surface area contributed by atoms with Crippen LogP contribution in [0, 0.1) is 12.8 Å². The van der Waals surface area contributed by atoms with Crippen molar-refractivity contribution in [2.24, 2.45) is 5.92 Å². The summed E-state index contributed by atoms with van der Waals surface area (Å²) < 4.78 is 5.45. The topological polar surface area (TPSA) is 47.0 Å². The number of hydrogen-bond donors (Lipinski definition) is 1. The maximum Gasteiger partial charge on any atom is 0.132 e. The van der Waals surface area contributed by atoms with E-state index in [4.69, 9.17) is 14.7 Å². The summed E-state index contributed by atoms with van der Waals surface area (Å²) in [5, 5.41) is 3.48. The number of nitrogens with zero attached hydrogens (tertiary/aromatic N) is 2. The van der Waals surface area contributed by atoms with Gasteiger partial charge in [0.1, 0.15) is 5.82 Å². The molecule has 116 valence electrons. The molecule has 1 unspecified atom stereocenters. The van der Waals surface area contributed by atoms with Crippen molar-refractivity contribution < 1.29 is 4.74 Å². The lowest BCUT2D eigenvalue weighted by molar-refractivity contribution is 0.0834. The standard InChI is InChI=1S/C17H27N3O/c1-3-18-11-13-4-5-16-15(10-13)12(2)19-17(20-16)14-6-8-21-9-7-14/h13-14,18H,3-11H2,1-2H3. The van der Waals surface area contributed by atoms with E-state index >= 15 is 0 Å². The van der Waals surface area contributed by atoms with Crippen molar-refractivity contribution in [2.75, 3.05) is 26.3 Å². The molecule has 0 spiro atoms. The normalized spacial score (nSPS) is 23.0. The van der Waals surface area contributed by atoms with Crippen LogP contribution in [0.25, 0.3) is 0 Å². The smallest absolute Gasteiger partial charge is 0.132 e. The van der Waals surface area contributed by atoms with Crippen LogP contribution in [-0.2, 0) is 17.6 Å². The lowest BCUT2D eigenvalue weighted by atomic mass is 9.85. The SMILES string of the molecule is CCNCC1CCc2nc(C3CCOCC3)nc(C)c2C1. The first-order valence-corrected chi connectivity index (χ1v) is 8.42. The van der Waals surface area contributed by atoms with Gasteiger partial charge in [-0.25, -0.2) is 9.97 Å². The highest BCUT2D eigenvalue weighted by atomic mass is 16.5. The predicted octanol–water partition coefficient (Wildman–Crippen LogP) is 2.39. The summed E-state index contributed by atoms with van der Waals surface area (Å²) in [6.07, 6.45) is 5.65. The van der Waals surface area contributed by atoms with Gasteiger partial charge in [0.05, 0.1) is 0 Å². The average Bonchev–Trinajstić information content (AvgIpc) is 2.54. The Bertz CT molecular complexity index is 483. The molecular formula is C17H27N3O. The van der Waals surface area contributed by atoms with Gasteiger partial charge >= 0.3 is 0 Å². The number of fused-ring (bicyclic) bond motifs is 1. The third-order valence-corrected chi connectivity index (χ3v) is 4.87. The third-order valence-electron chi connectivity index (χ3n) is 4.87. The van der Waals surface area contributed by atoms with E-state index in [2.05, 4.69) is 19.2 Å². The number of aryl methyl sites for hydroxylation is 2. The molecule has 0 saturated carbocycles. The molecule has 21 heavy (non-hydrogen) atoms. The van der Waals surface area contributed by atoms with Gasteiger partial charge in [0.25, 0.3) is 0 Å². The van der Waals surface area contributed by atoms with Crippen LogP contribution in [0.1, 0.15) is 54.9 Å². The molecule has 4 nitrogen and oxygen atoms in total. The van der Waals surface area contributed by atoms with Gasteiger partial charge in [0, 0.05) is 30.5 Å². The Labute approximate surface area is 127 Å². The fourth-order valence-electron chi connectivity index (χ4n) is 3.54. The summed E-state index contributed by atoms with van der Waals surface area (Å²) in [6, 6.07) is 0. The zero-order chi connectivity index (χ0) is 14.7. The van der Waals surface area contributed by atoms with Crippen molar-refractivity contribution >= 4 is 0 Å². The number of aromatic nitrogens is 2. The molecule has 1 fully saturated rings.